The molecular formula is C11H15N3. The Labute approximate surface area is 84.3 Å². The molecule has 74 valence electrons. The first-order valence-corrected chi connectivity index (χ1v) is 4.99. The number of rotatable bonds is 2. The molecule has 1 fully saturated rings. The van der Waals surface area contributed by atoms with E-state index in [2.05, 4.69) is 16.0 Å². The first-order chi connectivity index (χ1) is 6.75. The van der Waals surface area contributed by atoms with Crippen LogP contribution >= 0.6 is 0 Å². The van der Waals surface area contributed by atoms with Crippen LogP contribution in [0.25, 0.3) is 0 Å². The van der Waals surface area contributed by atoms with E-state index in [1.807, 2.05) is 19.2 Å². The molecule has 0 aromatic carbocycles. The van der Waals surface area contributed by atoms with Gasteiger partial charge in [0.2, 0.25) is 0 Å². The van der Waals surface area contributed by atoms with Crippen molar-refractivity contribution in [3.05, 3.63) is 29.6 Å². The number of aryl methyl sites for hydroxylation is 1. The highest BCUT2D eigenvalue weighted by atomic mass is 15.2. The smallest absolute Gasteiger partial charge is 0.0961 e. The van der Waals surface area contributed by atoms with Crippen molar-refractivity contribution < 1.29 is 0 Å². The molecule has 0 radical (unpaired) electrons. The number of nitrogens with zero attached hydrogens (tertiary/aromatic N) is 2. The summed E-state index contributed by atoms with van der Waals surface area (Å²) in [6.07, 6.45) is 3.96. The summed E-state index contributed by atoms with van der Waals surface area (Å²) in [5.41, 5.74) is 2.24. The molecule has 1 aromatic rings. The summed E-state index contributed by atoms with van der Waals surface area (Å²) in [6, 6.07) is 4.11. The van der Waals surface area contributed by atoms with Crippen molar-refractivity contribution in [2.45, 2.75) is 26.3 Å². The monoisotopic (exact) mass is 189 g/mol. The molecular weight excluding hydrogens is 174 g/mol. The van der Waals surface area contributed by atoms with E-state index in [1.165, 1.54) is 5.56 Å². The van der Waals surface area contributed by atoms with Gasteiger partial charge in [-0.15, -0.1) is 0 Å². The SMILES string of the molecule is Cc1ccc(CN2CCCC2=N)cn1. The van der Waals surface area contributed by atoms with Crippen LogP contribution in [0.5, 0.6) is 0 Å². The summed E-state index contributed by atoms with van der Waals surface area (Å²) < 4.78 is 0. The molecule has 0 atom stereocenters. The molecule has 2 heterocycles. The number of nitrogens with one attached hydrogen (secondary N) is 1. The minimum absolute atomic E-state index is 0.769. The van der Waals surface area contributed by atoms with Crippen molar-refractivity contribution in [1.29, 1.82) is 5.41 Å². The Kier molecular flexibility index (Phi) is 2.48. The minimum atomic E-state index is 0.769. The van der Waals surface area contributed by atoms with E-state index in [9.17, 15) is 0 Å². The van der Waals surface area contributed by atoms with Crippen LogP contribution < -0.4 is 0 Å². The second-order valence-corrected chi connectivity index (χ2v) is 3.78. The van der Waals surface area contributed by atoms with Crippen LogP contribution in [0.1, 0.15) is 24.1 Å². The Morgan fingerprint density at radius 3 is 2.93 bits per heavy atom. The van der Waals surface area contributed by atoms with Crippen LogP contribution in [0, 0.1) is 12.3 Å². The molecule has 1 aromatic heterocycles. The predicted octanol–water partition coefficient (Wildman–Crippen LogP) is 1.96. The normalized spacial score (nSPS) is 16.4. The quantitative estimate of drug-likeness (QED) is 0.772. The van der Waals surface area contributed by atoms with Crippen LogP contribution in [-0.2, 0) is 6.54 Å². The van der Waals surface area contributed by atoms with Crippen molar-refractivity contribution in [2.75, 3.05) is 6.54 Å². The number of likely N-dealkylation sites (tertiary alicyclic amines) is 1. The van der Waals surface area contributed by atoms with E-state index in [4.69, 9.17) is 5.41 Å². The van der Waals surface area contributed by atoms with Gasteiger partial charge in [0.25, 0.3) is 0 Å². The van der Waals surface area contributed by atoms with E-state index < -0.39 is 0 Å². The van der Waals surface area contributed by atoms with Crippen molar-refractivity contribution in [3.8, 4) is 0 Å². The second-order valence-electron chi connectivity index (χ2n) is 3.78. The molecule has 1 saturated heterocycles. The van der Waals surface area contributed by atoms with Gasteiger partial charge in [0.15, 0.2) is 0 Å². The molecule has 3 heteroatoms. The van der Waals surface area contributed by atoms with Gasteiger partial charge in [-0.2, -0.15) is 0 Å². The first kappa shape index (κ1) is 9.19. The summed E-state index contributed by atoms with van der Waals surface area (Å²) in [4.78, 5) is 6.37. The Morgan fingerprint density at radius 2 is 2.36 bits per heavy atom. The summed E-state index contributed by atoms with van der Waals surface area (Å²) in [5, 5.41) is 7.70. The fraction of sp³-hybridized carbons (Fsp3) is 0.455. The minimum Gasteiger partial charge on any atom is -0.356 e. The molecule has 1 N–H and O–H groups in total. The highest BCUT2D eigenvalue weighted by Crippen LogP contribution is 2.13. The standard InChI is InChI=1S/C11H15N3/c1-9-4-5-10(7-13-9)8-14-6-2-3-11(14)12/h4-5,7,12H,2-3,6,8H2,1H3. The number of aromatic nitrogens is 1. The molecule has 1 aliphatic rings. The number of hydrogen-bond donors (Lipinski definition) is 1. The Hall–Kier alpha value is -1.38. The molecule has 1 aliphatic heterocycles. The van der Waals surface area contributed by atoms with Gasteiger partial charge in [-0.05, 0) is 25.0 Å². The third kappa shape index (κ3) is 1.92. The molecule has 3 nitrogen and oxygen atoms in total. The maximum absolute atomic E-state index is 7.70. The summed E-state index contributed by atoms with van der Waals surface area (Å²) in [5.74, 6) is 0.769. The molecule has 0 aliphatic carbocycles. The fourth-order valence-corrected chi connectivity index (χ4v) is 1.72. The van der Waals surface area contributed by atoms with Crippen LogP contribution in [0.4, 0.5) is 0 Å². The second kappa shape index (κ2) is 3.78. The lowest BCUT2D eigenvalue weighted by Crippen LogP contribution is -2.23. The van der Waals surface area contributed by atoms with Gasteiger partial charge in [-0.25, -0.2) is 0 Å². The lowest BCUT2D eigenvalue weighted by Gasteiger charge is -2.17. The van der Waals surface area contributed by atoms with E-state index in [-0.39, 0.29) is 0 Å². The highest BCUT2D eigenvalue weighted by molar-refractivity contribution is 5.80. The van der Waals surface area contributed by atoms with Crippen LogP contribution in [0.3, 0.4) is 0 Å². The largest absolute Gasteiger partial charge is 0.356 e. The van der Waals surface area contributed by atoms with Gasteiger partial charge in [0, 0.05) is 31.4 Å². The Bertz CT molecular complexity index is 329. The highest BCUT2D eigenvalue weighted by Gasteiger charge is 2.16. The van der Waals surface area contributed by atoms with Crippen LogP contribution in [0.15, 0.2) is 18.3 Å². The average Bonchev–Trinajstić information content (AvgIpc) is 2.56. The van der Waals surface area contributed by atoms with Gasteiger partial charge in [-0.3, -0.25) is 10.4 Å². The lowest BCUT2D eigenvalue weighted by molar-refractivity contribution is 0.445. The van der Waals surface area contributed by atoms with Gasteiger partial charge >= 0.3 is 0 Å². The van der Waals surface area contributed by atoms with Gasteiger partial charge in [0.1, 0.15) is 0 Å². The van der Waals surface area contributed by atoms with Gasteiger partial charge in [-0.1, -0.05) is 6.07 Å². The number of pyridine rings is 1. The first-order valence-electron chi connectivity index (χ1n) is 4.99. The average molecular weight is 189 g/mol. The van der Waals surface area contributed by atoms with E-state index >= 15 is 0 Å². The molecule has 0 amide bonds. The zero-order chi connectivity index (χ0) is 9.97. The molecule has 0 saturated carbocycles. The molecule has 0 bridgehead atoms. The maximum Gasteiger partial charge on any atom is 0.0961 e. The van der Waals surface area contributed by atoms with E-state index in [0.717, 1.165) is 37.5 Å². The zero-order valence-electron chi connectivity index (χ0n) is 8.45. The predicted molar refractivity (Wildman–Crippen MR) is 56.3 cm³/mol. The molecule has 0 spiro atoms. The van der Waals surface area contributed by atoms with Crippen LogP contribution in [0.2, 0.25) is 0 Å². The molecule has 2 rings (SSSR count). The molecule has 14 heavy (non-hydrogen) atoms. The van der Waals surface area contributed by atoms with Gasteiger partial charge < -0.3 is 4.90 Å². The topological polar surface area (TPSA) is 40.0 Å². The Morgan fingerprint density at radius 1 is 1.50 bits per heavy atom. The maximum atomic E-state index is 7.70. The van der Waals surface area contributed by atoms with Gasteiger partial charge in [0.05, 0.1) is 5.84 Å². The fourth-order valence-electron chi connectivity index (χ4n) is 1.72. The third-order valence-corrected chi connectivity index (χ3v) is 2.57. The number of hydrogen-bond acceptors (Lipinski definition) is 2. The summed E-state index contributed by atoms with van der Waals surface area (Å²) >= 11 is 0. The van der Waals surface area contributed by atoms with Crippen molar-refractivity contribution in [1.82, 2.24) is 9.88 Å². The third-order valence-electron chi connectivity index (χ3n) is 2.57. The van der Waals surface area contributed by atoms with Crippen molar-refractivity contribution in [3.63, 3.8) is 0 Å². The zero-order valence-corrected chi connectivity index (χ0v) is 8.45. The van der Waals surface area contributed by atoms with Crippen molar-refractivity contribution in [2.24, 2.45) is 0 Å². The lowest BCUT2D eigenvalue weighted by atomic mass is 10.2. The van der Waals surface area contributed by atoms with Crippen molar-refractivity contribution >= 4 is 5.84 Å². The summed E-state index contributed by atoms with van der Waals surface area (Å²) in [6.45, 7) is 3.85. The molecule has 0 unspecified atom stereocenters. The number of amidine groups is 1. The Balaban J connectivity index is 2.03. The van der Waals surface area contributed by atoms with Crippen LogP contribution in [-0.4, -0.2) is 22.3 Å². The van der Waals surface area contributed by atoms with E-state index in [1.54, 1.807) is 0 Å². The van der Waals surface area contributed by atoms with E-state index in [0.29, 0.717) is 0 Å². The summed E-state index contributed by atoms with van der Waals surface area (Å²) in [7, 11) is 0.